The summed E-state index contributed by atoms with van der Waals surface area (Å²) in [5, 5.41) is 1.15. The molecule has 1 saturated heterocycles. The van der Waals surface area contributed by atoms with Crippen molar-refractivity contribution >= 4 is 20.9 Å². The fourth-order valence-corrected chi connectivity index (χ4v) is 7.01. The van der Waals surface area contributed by atoms with E-state index in [1.807, 2.05) is 30.3 Å². The van der Waals surface area contributed by atoms with Crippen LogP contribution in [0.25, 0.3) is 10.9 Å². The molecule has 1 aliphatic rings. The van der Waals surface area contributed by atoms with Crippen LogP contribution in [0.5, 0.6) is 5.75 Å². The Morgan fingerprint density at radius 2 is 1.66 bits per heavy atom. The van der Waals surface area contributed by atoms with Gasteiger partial charge in [0.1, 0.15) is 5.75 Å². The molecule has 0 spiro atoms. The zero-order valence-corrected chi connectivity index (χ0v) is 22.0. The second-order valence-electron chi connectivity index (χ2n) is 9.66. The minimum atomic E-state index is -4.60. The van der Waals surface area contributed by atoms with Crippen molar-refractivity contribution in [1.29, 1.82) is 0 Å². The van der Waals surface area contributed by atoms with Crippen molar-refractivity contribution in [2.24, 2.45) is 0 Å². The van der Waals surface area contributed by atoms with Crippen LogP contribution in [0.4, 0.5) is 13.2 Å². The van der Waals surface area contributed by atoms with Gasteiger partial charge < -0.3 is 9.30 Å². The molecule has 2 heterocycles. The SMILES string of the molecule is COc1cccc(Cn2c(C)c(C3CCN(S(=O)(=O)c4cccc(C(F)(F)F)c4)CC3)c3ccccc32)c1. The molecule has 3 aromatic carbocycles. The fraction of sp³-hybridized carbons (Fsp3) is 0.310. The number of para-hydroxylation sites is 1. The fourth-order valence-electron chi connectivity index (χ4n) is 5.50. The molecular weight excluding hydrogens is 513 g/mol. The summed E-state index contributed by atoms with van der Waals surface area (Å²) in [6, 6.07) is 20.2. The molecule has 0 bridgehead atoms. The summed E-state index contributed by atoms with van der Waals surface area (Å²) in [6.45, 7) is 3.27. The van der Waals surface area contributed by atoms with Crippen molar-refractivity contribution in [1.82, 2.24) is 8.87 Å². The molecular formula is C29H29F3N2O3S. The molecule has 0 aliphatic carbocycles. The molecule has 5 nitrogen and oxygen atoms in total. The van der Waals surface area contributed by atoms with Crippen LogP contribution >= 0.6 is 0 Å². The molecule has 0 unspecified atom stereocenters. The average Bonchev–Trinajstić information content (AvgIpc) is 3.19. The van der Waals surface area contributed by atoms with Crippen molar-refractivity contribution in [3.8, 4) is 5.75 Å². The van der Waals surface area contributed by atoms with E-state index in [4.69, 9.17) is 4.74 Å². The smallest absolute Gasteiger partial charge is 0.416 e. The molecule has 1 aliphatic heterocycles. The van der Waals surface area contributed by atoms with Crippen molar-refractivity contribution < 1.29 is 26.3 Å². The zero-order valence-electron chi connectivity index (χ0n) is 21.2. The minimum Gasteiger partial charge on any atom is -0.497 e. The van der Waals surface area contributed by atoms with Gasteiger partial charge in [-0.05, 0) is 73.2 Å². The predicted octanol–water partition coefficient (Wildman–Crippen LogP) is 6.59. The second kappa shape index (κ2) is 10.1. The minimum absolute atomic E-state index is 0.138. The number of fused-ring (bicyclic) bond motifs is 1. The summed E-state index contributed by atoms with van der Waals surface area (Å²) in [4.78, 5) is -0.322. The number of piperidine rings is 1. The number of alkyl halides is 3. The summed E-state index contributed by atoms with van der Waals surface area (Å²) in [5.41, 5.74) is 3.60. The third kappa shape index (κ3) is 4.92. The first kappa shape index (κ1) is 26.3. The van der Waals surface area contributed by atoms with E-state index in [-0.39, 0.29) is 23.9 Å². The number of benzene rings is 3. The lowest BCUT2D eigenvalue weighted by Crippen LogP contribution is -2.38. The van der Waals surface area contributed by atoms with Crippen molar-refractivity contribution in [3.63, 3.8) is 0 Å². The number of methoxy groups -OCH3 is 1. The highest BCUT2D eigenvalue weighted by molar-refractivity contribution is 7.89. The number of hydrogen-bond donors (Lipinski definition) is 0. The molecule has 5 rings (SSSR count). The van der Waals surface area contributed by atoms with Crippen LogP contribution in [0.1, 0.15) is 41.1 Å². The Bertz CT molecular complexity index is 1570. The Morgan fingerprint density at radius 3 is 2.37 bits per heavy atom. The van der Waals surface area contributed by atoms with Gasteiger partial charge in [-0.2, -0.15) is 17.5 Å². The van der Waals surface area contributed by atoms with Crippen LogP contribution in [-0.4, -0.2) is 37.5 Å². The normalized spacial score (nSPS) is 15.7. The van der Waals surface area contributed by atoms with E-state index in [2.05, 4.69) is 29.7 Å². The maximum Gasteiger partial charge on any atom is 0.416 e. The van der Waals surface area contributed by atoms with Crippen molar-refractivity contribution in [2.75, 3.05) is 20.2 Å². The molecule has 9 heteroatoms. The molecule has 1 fully saturated rings. The van der Waals surface area contributed by atoms with E-state index in [1.54, 1.807) is 7.11 Å². The Morgan fingerprint density at radius 1 is 0.947 bits per heavy atom. The van der Waals surface area contributed by atoms with Gasteiger partial charge >= 0.3 is 6.18 Å². The average molecular weight is 543 g/mol. The Balaban J connectivity index is 1.41. The molecule has 1 aromatic heterocycles. The van der Waals surface area contributed by atoms with Gasteiger partial charge in [0.15, 0.2) is 0 Å². The lowest BCUT2D eigenvalue weighted by molar-refractivity contribution is -0.137. The van der Waals surface area contributed by atoms with E-state index >= 15 is 0 Å². The van der Waals surface area contributed by atoms with Gasteiger partial charge in [-0.25, -0.2) is 8.42 Å². The largest absolute Gasteiger partial charge is 0.497 e. The highest BCUT2D eigenvalue weighted by Crippen LogP contribution is 2.39. The van der Waals surface area contributed by atoms with Gasteiger partial charge in [0.25, 0.3) is 0 Å². The molecule has 0 amide bonds. The third-order valence-electron chi connectivity index (χ3n) is 7.42. The molecule has 200 valence electrons. The summed E-state index contributed by atoms with van der Waals surface area (Å²) < 4.78 is 74.9. The number of aromatic nitrogens is 1. The summed E-state index contributed by atoms with van der Waals surface area (Å²) in [7, 11) is -2.38. The Kier molecular flexibility index (Phi) is 7.00. The van der Waals surface area contributed by atoms with Crippen LogP contribution < -0.4 is 4.74 Å². The second-order valence-corrected chi connectivity index (χ2v) is 11.6. The van der Waals surface area contributed by atoms with Gasteiger partial charge in [-0.3, -0.25) is 0 Å². The van der Waals surface area contributed by atoms with Gasteiger partial charge in [-0.15, -0.1) is 0 Å². The van der Waals surface area contributed by atoms with Crippen LogP contribution in [-0.2, 0) is 22.7 Å². The van der Waals surface area contributed by atoms with Crippen LogP contribution in [0.2, 0.25) is 0 Å². The Hall–Kier alpha value is -3.30. The molecule has 0 saturated carbocycles. The van der Waals surface area contributed by atoms with Gasteiger partial charge in [0.05, 0.1) is 17.6 Å². The van der Waals surface area contributed by atoms with Crippen molar-refractivity contribution in [2.45, 2.75) is 43.3 Å². The van der Waals surface area contributed by atoms with Crippen LogP contribution in [0, 0.1) is 6.92 Å². The quantitative estimate of drug-likeness (QED) is 0.276. The lowest BCUT2D eigenvalue weighted by Gasteiger charge is -2.32. The van der Waals surface area contributed by atoms with E-state index in [1.165, 1.54) is 15.9 Å². The first-order valence-electron chi connectivity index (χ1n) is 12.5. The summed E-state index contributed by atoms with van der Waals surface area (Å²) in [6.07, 6.45) is -3.42. The number of nitrogens with zero attached hydrogens (tertiary/aromatic N) is 2. The van der Waals surface area contributed by atoms with Crippen LogP contribution in [0.3, 0.4) is 0 Å². The molecule has 4 aromatic rings. The third-order valence-corrected chi connectivity index (χ3v) is 9.31. The first-order valence-corrected chi connectivity index (χ1v) is 13.9. The number of halogens is 3. The van der Waals surface area contributed by atoms with E-state index in [0.29, 0.717) is 19.4 Å². The molecule has 38 heavy (non-hydrogen) atoms. The van der Waals surface area contributed by atoms with E-state index < -0.39 is 21.8 Å². The first-order chi connectivity index (χ1) is 18.1. The molecule has 0 N–H and O–H groups in total. The summed E-state index contributed by atoms with van der Waals surface area (Å²) >= 11 is 0. The van der Waals surface area contributed by atoms with Crippen molar-refractivity contribution in [3.05, 3.63) is 95.2 Å². The number of ether oxygens (including phenoxy) is 1. The monoisotopic (exact) mass is 542 g/mol. The van der Waals surface area contributed by atoms with Gasteiger partial charge in [0, 0.05) is 36.2 Å². The lowest BCUT2D eigenvalue weighted by atomic mass is 9.88. The highest BCUT2D eigenvalue weighted by Gasteiger charge is 2.35. The van der Waals surface area contributed by atoms with E-state index in [9.17, 15) is 21.6 Å². The molecule has 0 radical (unpaired) electrons. The van der Waals surface area contributed by atoms with Gasteiger partial charge in [-0.1, -0.05) is 36.4 Å². The number of hydrogen-bond acceptors (Lipinski definition) is 3. The Labute approximate surface area is 220 Å². The summed E-state index contributed by atoms with van der Waals surface area (Å²) in [5.74, 6) is 0.936. The predicted molar refractivity (Wildman–Crippen MR) is 141 cm³/mol. The maximum absolute atomic E-state index is 13.2. The highest BCUT2D eigenvalue weighted by atomic mass is 32.2. The van der Waals surface area contributed by atoms with Crippen LogP contribution in [0.15, 0.2) is 77.7 Å². The standard InChI is InChI=1S/C29H29F3N2O3S/c1-20-28(26-11-3-4-12-27(26)34(20)19-21-7-5-9-24(17-21)37-2)22-13-15-33(16-14-22)38(35,36)25-10-6-8-23(18-25)29(30,31)32/h3-12,17-18,22H,13-16,19H2,1-2H3. The topological polar surface area (TPSA) is 51.5 Å². The number of rotatable bonds is 6. The zero-order chi connectivity index (χ0) is 27.1. The number of sulfonamides is 1. The van der Waals surface area contributed by atoms with E-state index in [0.717, 1.165) is 46.1 Å². The molecule has 0 atom stereocenters. The van der Waals surface area contributed by atoms with Gasteiger partial charge in [0.2, 0.25) is 10.0 Å². The maximum atomic E-state index is 13.2.